The van der Waals surface area contributed by atoms with E-state index in [2.05, 4.69) is 10.4 Å². The Morgan fingerprint density at radius 1 is 1.44 bits per heavy atom. The Hall–Kier alpha value is -1.88. The molecular formula is C11H12FN3O. The number of hydrogen-bond donors (Lipinski definition) is 2. The highest BCUT2D eigenvalue weighted by Gasteiger charge is 2.12. The van der Waals surface area contributed by atoms with Crippen molar-refractivity contribution in [3.8, 4) is 5.75 Å². The molecule has 1 aromatic carbocycles. The van der Waals surface area contributed by atoms with Gasteiger partial charge in [-0.3, -0.25) is 5.84 Å². The summed E-state index contributed by atoms with van der Waals surface area (Å²) in [4.78, 5) is 4.14. The quantitative estimate of drug-likeness (QED) is 0.601. The summed E-state index contributed by atoms with van der Waals surface area (Å²) in [7, 11) is 1.52. The molecule has 2 aromatic rings. The third-order valence-corrected chi connectivity index (χ3v) is 2.38. The molecule has 16 heavy (non-hydrogen) atoms. The molecule has 1 heterocycles. The van der Waals surface area contributed by atoms with Crippen LogP contribution in [-0.2, 0) is 0 Å². The summed E-state index contributed by atoms with van der Waals surface area (Å²) in [6.07, 6.45) is 0. The van der Waals surface area contributed by atoms with Crippen LogP contribution in [0.5, 0.6) is 5.75 Å². The van der Waals surface area contributed by atoms with E-state index in [1.54, 1.807) is 19.1 Å². The minimum Gasteiger partial charge on any atom is -0.496 e. The highest BCUT2D eigenvalue weighted by atomic mass is 19.1. The van der Waals surface area contributed by atoms with Crippen LogP contribution in [0, 0.1) is 12.7 Å². The van der Waals surface area contributed by atoms with E-state index in [1.165, 1.54) is 13.2 Å². The maximum absolute atomic E-state index is 13.6. The summed E-state index contributed by atoms with van der Waals surface area (Å²) in [6.45, 7) is 1.78. The van der Waals surface area contributed by atoms with Crippen molar-refractivity contribution in [1.82, 2.24) is 4.98 Å². The number of ether oxygens (including phenoxy) is 1. The Morgan fingerprint density at radius 2 is 2.19 bits per heavy atom. The van der Waals surface area contributed by atoms with Crippen molar-refractivity contribution in [2.45, 2.75) is 6.92 Å². The van der Waals surface area contributed by atoms with E-state index in [1.807, 2.05) is 0 Å². The molecule has 0 saturated carbocycles. The van der Waals surface area contributed by atoms with Gasteiger partial charge in [0, 0.05) is 5.69 Å². The molecule has 0 aliphatic rings. The number of nitrogens with one attached hydrogen (secondary N) is 1. The molecule has 3 N–H and O–H groups in total. The predicted octanol–water partition coefficient (Wildman–Crippen LogP) is 1.98. The Bertz CT molecular complexity index is 542. The van der Waals surface area contributed by atoms with E-state index in [9.17, 15) is 4.39 Å². The van der Waals surface area contributed by atoms with E-state index in [0.717, 1.165) is 0 Å². The largest absolute Gasteiger partial charge is 0.496 e. The number of benzene rings is 1. The van der Waals surface area contributed by atoms with Crippen LogP contribution >= 0.6 is 0 Å². The molecule has 0 atom stereocenters. The van der Waals surface area contributed by atoms with Crippen LogP contribution in [0.3, 0.4) is 0 Å². The van der Waals surface area contributed by atoms with Crippen LogP contribution in [0.4, 0.5) is 10.1 Å². The molecule has 0 saturated heterocycles. The van der Waals surface area contributed by atoms with Crippen LogP contribution in [0.2, 0.25) is 0 Å². The fraction of sp³-hybridized carbons (Fsp3) is 0.182. The average molecular weight is 221 g/mol. The lowest BCUT2D eigenvalue weighted by atomic mass is 10.1. The molecule has 0 amide bonds. The SMILES string of the molecule is COc1ccc(F)c2nc(C)cc(NN)c12. The minimum absolute atomic E-state index is 0.257. The molecule has 1 aromatic heterocycles. The molecule has 0 fully saturated rings. The molecule has 0 bridgehead atoms. The number of anilines is 1. The molecule has 4 nitrogen and oxygen atoms in total. The lowest BCUT2D eigenvalue weighted by molar-refractivity contribution is 0.419. The van der Waals surface area contributed by atoms with E-state index in [0.29, 0.717) is 22.5 Å². The summed E-state index contributed by atoms with van der Waals surface area (Å²) in [6, 6.07) is 4.62. The van der Waals surface area contributed by atoms with Crippen LogP contribution in [0.15, 0.2) is 18.2 Å². The summed E-state index contributed by atoms with van der Waals surface area (Å²) in [5.74, 6) is 5.55. The Morgan fingerprint density at radius 3 is 2.81 bits per heavy atom. The molecule has 84 valence electrons. The van der Waals surface area contributed by atoms with Gasteiger partial charge in [0.2, 0.25) is 0 Å². The number of fused-ring (bicyclic) bond motifs is 1. The Kier molecular flexibility index (Phi) is 2.62. The first kappa shape index (κ1) is 10.6. The number of nitrogens with two attached hydrogens (primary N) is 1. The van der Waals surface area contributed by atoms with E-state index < -0.39 is 5.82 Å². The van der Waals surface area contributed by atoms with Gasteiger partial charge in [-0.1, -0.05) is 0 Å². The zero-order valence-electron chi connectivity index (χ0n) is 9.04. The number of rotatable bonds is 2. The zero-order chi connectivity index (χ0) is 11.7. The standard InChI is InChI=1S/C11H12FN3O/c1-6-5-8(15-13)10-9(16-2)4-3-7(12)11(10)14-6/h3-5H,13H2,1-2H3,(H,14,15). The molecule has 0 radical (unpaired) electrons. The maximum atomic E-state index is 13.6. The highest BCUT2D eigenvalue weighted by molar-refractivity contribution is 5.96. The fourth-order valence-electron chi connectivity index (χ4n) is 1.69. The van der Waals surface area contributed by atoms with Crippen molar-refractivity contribution >= 4 is 16.6 Å². The number of methoxy groups -OCH3 is 1. The highest BCUT2D eigenvalue weighted by Crippen LogP contribution is 2.32. The summed E-state index contributed by atoms with van der Waals surface area (Å²) in [5.41, 5.74) is 4.07. The van der Waals surface area contributed by atoms with Gasteiger partial charge in [0.05, 0.1) is 18.2 Å². The number of nitrogen functional groups attached to an aromatic ring is 1. The van der Waals surface area contributed by atoms with E-state index in [-0.39, 0.29) is 5.52 Å². The van der Waals surface area contributed by atoms with Crippen LogP contribution < -0.4 is 16.0 Å². The first-order valence-electron chi connectivity index (χ1n) is 4.78. The molecule has 2 rings (SSSR count). The van der Waals surface area contributed by atoms with Gasteiger partial charge < -0.3 is 10.2 Å². The maximum Gasteiger partial charge on any atom is 0.149 e. The number of aryl methyl sites for hydroxylation is 1. The van der Waals surface area contributed by atoms with Gasteiger partial charge in [-0.25, -0.2) is 9.37 Å². The third-order valence-electron chi connectivity index (χ3n) is 2.38. The van der Waals surface area contributed by atoms with Crippen molar-refractivity contribution in [3.05, 3.63) is 29.7 Å². The first-order valence-corrected chi connectivity index (χ1v) is 4.78. The molecule has 0 spiro atoms. The smallest absolute Gasteiger partial charge is 0.149 e. The molecular weight excluding hydrogens is 209 g/mol. The predicted molar refractivity (Wildman–Crippen MR) is 60.8 cm³/mol. The van der Waals surface area contributed by atoms with E-state index in [4.69, 9.17) is 10.6 Å². The number of nitrogens with zero attached hydrogens (tertiary/aromatic N) is 1. The molecule has 5 heteroatoms. The van der Waals surface area contributed by atoms with Gasteiger partial charge in [-0.15, -0.1) is 0 Å². The van der Waals surface area contributed by atoms with Gasteiger partial charge in [0.15, 0.2) is 0 Å². The van der Waals surface area contributed by atoms with Gasteiger partial charge in [0.1, 0.15) is 17.1 Å². The van der Waals surface area contributed by atoms with Gasteiger partial charge in [-0.05, 0) is 25.1 Å². The minimum atomic E-state index is -0.393. The van der Waals surface area contributed by atoms with Crippen molar-refractivity contribution < 1.29 is 9.13 Å². The van der Waals surface area contributed by atoms with Crippen molar-refractivity contribution in [3.63, 3.8) is 0 Å². The lowest BCUT2D eigenvalue weighted by Gasteiger charge is -2.11. The normalized spacial score (nSPS) is 10.5. The zero-order valence-corrected chi connectivity index (χ0v) is 9.04. The van der Waals surface area contributed by atoms with Gasteiger partial charge in [-0.2, -0.15) is 0 Å². The van der Waals surface area contributed by atoms with Crippen LogP contribution in [0.25, 0.3) is 10.9 Å². The fourth-order valence-corrected chi connectivity index (χ4v) is 1.69. The van der Waals surface area contributed by atoms with Gasteiger partial charge in [0.25, 0.3) is 0 Å². The van der Waals surface area contributed by atoms with Crippen molar-refractivity contribution in [2.75, 3.05) is 12.5 Å². The van der Waals surface area contributed by atoms with E-state index >= 15 is 0 Å². The Labute approximate surface area is 92.2 Å². The average Bonchev–Trinajstić information content (AvgIpc) is 2.29. The summed E-state index contributed by atoms with van der Waals surface area (Å²) in [5, 5.41) is 0.551. The second kappa shape index (κ2) is 3.94. The van der Waals surface area contributed by atoms with Crippen LogP contribution in [0.1, 0.15) is 5.69 Å². The third kappa shape index (κ3) is 1.55. The van der Waals surface area contributed by atoms with Crippen LogP contribution in [-0.4, -0.2) is 12.1 Å². The second-order valence-corrected chi connectivity index (χ2v) is 3.43. The lowest BCUT2D eigenvalue weighted by Crippen LogP contribution is -2.08. The number of pyridine rings is 1. The summed E-state index contributed by atoms with van der Waals surface area (Å²) < 4.78 is 18.8. The Balaban J connectivity index is 2.91. The van der Waals surface area contributed by atoms with Gasteiger partial charge >= 0.3 is 0 Å². The number of halogens is 1. The van der Waals surface area contributed by atoms with Crippen molar-refractivity contribution in [1.29, 1.82) is 0 Å². The second-order valence-electron chi connectivity index (χ2n) is 3.43. The topological polar surface area (TPSA) is 60.2 Å². The molecule has 0 aliphatic heterocycles. The summed E-state index contributed by atoms with van der Waals surface area (Å²) >= 11 is 0. The molecule has 0 aliphatic carbocycles. The number of hydrogen-bond acceptors (Lipinski definition) is 4. The first-order chi connectivity index (χ1) is 7.67. The van der Waals surface area contributed by atoms with Crippen molar-refractivity contribution in [2.24, 2.45) is 5.84 Å². The number of hydrazine groups is 1. The number of aromatic nitrogens is 1. The monoisotopic (exact) mass is 221 g/mol. The molecule has 0 unspecified atom stereocenters.